The highest BCUT2D eigenvalue weighted by Crippen LogP contribution is 2.03. The maximum atomic E-state index is 4.92. The van der Waals surface area contributed by atoms with Gasteiger partial charge < -0.3 is 5.73 Å². The van der Waals surface area contributed by atoms with E-state index in [4.69, 9.17) is 5.73 Å². The predicted octanol–water partition coefficient (Wildman–Crippen LogP) is 6.82. The summed E-state index contributed by atoms with van der Waals surface area (Å²) in [5.74, 6) is 0. The van der Waals surface area contributed by atoms with Crippen LogP contribution in [0, 0.1) is 0 Å². The van der Waals surface area contributed by atoms with E-state index in [9.17, 15) is 0 Å². The van der Waals surface area contributed by atoms with Crippen molar-refractivity contribution in [2.24, 2.45) is 5.73 Å². The molecule has 1 nitrogen and oxygen atoms in total. The Kier molecular flexibility index (Phi) is 32.5. The molecule has 0 aromatic heterocycles. The molecule has 0 saturated carbocycles. The van der Waals surface area contributed by atoms with E-state index in [0.717, 1.165) is 0 Å². The van der Waals surface area contributed by atoms with Crippen LogP contribution in [0.1, 0.15) is 105 Å². The molecular weight excluding hydrogens is 230 g/mol. The largest absolute Gasteiger partial charge is 0.403 e. The molecule has 1 heteroatoms. The number of hydrogen-bond donors (Lipinski definition) is 1. The highest BCUT2D eigenvalue weighted by molar-refractivity contribution is 4.76. The van der Waals surface area contributed by atoms with Crippen LogP contribution < -0.4 is 5.73 Å². The van der Waals surface area contributed by atoms with Crippen molar-refractivity contribution >= 4 is 0 Å². The average Bonchev–Trinajstić information content (AvgIpc) is 2.36. The van der Waals surface area contributed by atoms with Gasteiger partial charge in [-0.1, -0.05) is 105 Å². The first-order valence-electron chi connectivity index (χ1n) is 8.47. The molecule has 118 valence electrons. The molecule has 0 amide bonds. The van der Waals surface area contributed by atoms with Crippen LogP contribution in [-0.2, 0) is 0 Å². The summed E-state index contributed by atoms with van der Waals surface area (Å²) in [5.41, 5.74) is 5.58. The lowest BCUT2D eigenvalue weighted by atomic mass is 10.1. The molecule has 0 radical (unpaired) electrons. The van der Waals surface area contributed by atoms with Crippen molar-refractivity contribution in [2.75, 3.05) is 0 Å². The summed E-state index contributed by atoms with van der Waals surface area (Å²) in [6, 6.07) is 0. The van der Waals surface area contributed by atoms with Crippen molar-refractivity contribution in [3.63, 3.8) is 0 Å². The van der Waals surface area contributed by atoms with Crippen molar-refractivity contribution in [3.8, 4) is 0 Å². The van der Waals surface area contributed by atoms with Crippen LogP contribution in [0.2, 0.25) is 0 Å². The fourth-order valence-corrected chi connectivity index (χ4v) is 1.53. The smallest absolute Gasteiger partial charge is 0.00242 e. The molecule has 0 aliphatic heterocycles. The van der Waals surface area contributed by atoms with Crippen LogP contribution in [0.4, 0.5) is 0 Å². The highest BCUT2D eigenvalue weighted by Gasteiger charge is 1.83. The third-order valence-corrected chi connectivity index (χ3v) is 2.66. The maximum absolute atomic E-state index is 4.92. The van der Waals surface area contributed by atoms with E-state index in [-0.39, 0.29) is 0 Å². The van der Waals surface area contributed by atoms with Crippen molar-refractivity contribution < 1.29 is 0 Å². The zero-order valence-electron chi connectivity index (χ0n) is 14.6. The van der Waals surface area contributed by atoms with E-state index in [1.54, 1.807) is 6.92 Å². The third-order valence-electron chi connectivity index (χ3n) is 2.66. The van der Waals surface area contributed by atoms with E-state index in [2.05, 4.69) is 34.3 Å². The van der Waals surface area contributed by atoms with Gasteiger partial charge in [0.2, 0.25) is 0 Å². The van der Waals surface area contributed by atoms with Crippen molar-refractivity contribution in [2.45, 2.75) is 105 Å². The zero-order chi connectivity index (χ0) is 15.4. The minimum absolute atomic E-state index is 0.667. The summed E-state index contributed by atoms with van der Waals surface area (Å²) in [5, 5.41) is 0. The number of allylic oxidation sites excluding steroid dienone is 1. The Morgan fingerprint density at radius 2 is 0.789 bits per heavy atom. The van der Waals surface area contributed by atoms with Crippen LogP contribution in [0.5, 0.6) is 0 Å². The molecule has 2 N–H and O–H groups in total. The summed E-state index contributed by atoms with van der Waals surface area (Å²) in [7, 11) is 0. The number of unbranched alkanes of at least 4 members (excludes halogenated alkanes) is 9. The Morgan fingerprint density at radius 1 is 0.632 bits per heavy atom. The second-order valence-corrected chi connectivity index (χ2v) is 5.32. The van der Waals surface area contributed by atoms with Crippen molar-refractivity contribution in [3.05, 3.63) is 12.3 Å². The Morgan fingerprint density at radius 3 is 0.947 bits per heavy atom. The molecule has 0 aliphatic rings. The maximum Gasteiger partial charge on any atom is -0.00242 e. The van der Waals surface area contributed by atoms with Gasteiger partial charge in [-0.3, -0.25) is 0 Å². The van der Waals surface area contributed by atoms with Crippen molar-refractivity contribution in [1.82, 2.24) is 0 Å². The van der Waals surface area contributed by atoms with Crippen LogP contribution in [0.15, 0.2) is 12.3 Å². The minimum Gasteiger partial charge on any atom is -0.403 e. The second-order valence-electron chi connectivity index (χ2n) is 5.32. The second kappa shape index (κ2) is 26.2. The lowest BCUT2D eigenvalue weighted by Crippen LogP contribution is -1.83. The molecule has 0 spiro atoms. The molecule has 19 heavy (non-hydrogen) atoms. The van der Waals surface area contributed by atoms with Crippen molar-refractivity contribution in [1.29, 1.82) is 0 Å². The normalized spacial score (nSPS) is 8.89. The third kappa shape index (κ3) is 58.1. The van der Waals surface area contributed by atoms with Gasteiger partial charge >= 0.3 is 0 Å². The van der Waals surface area contributed by atoms with Crippen LogP contribution in [-0.4, -0.2) is 0 Å². The number of rotatable bonds is 9. The zero-order valence-corrected chi connectivity index (χ0v) is 14.6. The van der Waals surface area contributed by atoms with Crippen LogP contribution in [0.3, 0.4) is 0 Å². The molecule has 0 rings (SSSR count). The van der Waals surface area contributed by atoms with Gasteiger partial charge in [0.25, 0.3) is 0 Å². The molecule has 0 unspecified atom stereocenters. The fourth-order valence-electron chi connectivity index (χ4n) is 1.53. The Balaban J connectivity index is -0.000000214. The molecule has 0 aromatic rings. The molecule has 0 atom stereocenters. The van der Waals surface area contributed by atoms with Gasteiger partial charge in [-0.05, 0) is 12.6 Å². The van der Waals surface area contributed by atoms with E-state index in [1.807, 2.05) is 0 Å². The molecule has 0 saturated heterocycles. The van der Waals surface area contributed by atoms with Gasteiger partial charge in [0.15, 0.2) is 0 Å². The fraction of sp³-hybridized carbons (Fsp3) is 0.889. The lowest BCUT2D eigenvalue weighted by Gasteiger charge is -1.93. The minimum atomic E-state index is 0.667. The first-order chi connectivity index (χ1) is 9.06. The summed E-state index contributed by atoms with van der Waals surface area (Å²) in [4.78, 5) is 0. The highest BCUT2D eigenvalue weighted by atomic mass is 14.5. The standard InChI is InChI=1S/C8H18.C7H16.C3H7N/c1-3-5-7-8-6-4-2;1-3-5-7-6-4-2;1-3(2)4/h3-8H2,1-2H3;3-7H2,1-2H3;1,4H2,2H3. The SMILES string of the molecule is C=C(C)N.CCCCCCC.CCCCCCCC. The molecular formula is C18H41N. The first-order valence-corrected chi connectivity index (χ1v) is 8.47. The quantitative estimate of drug-likeness (QED) is 0.457. The summed E-state index contributed by atoms with van der Waals surface area (Å²) >= 11 is 0. The summed E-state index contributed by atoms with van der Waals surface area (Å²) in [6.45, 7) is 14.1. The number of nitrogens with two attached hydrogens (primary N) is 1. The van der Waals surface area contributed by atoms with Gasteiger partial charge in [0.05, 0.1) is 0 Å². The van der Waals surface area contributed by atoms with Gasteiger partial charge in [-0.25, -0.2) is 0 Å². The molecule has 0 aromatic carbocycles. The lowest BCUT2D eigenvalue weighted by molar-refractivity contribution is 0.624. The topological polar surface area (TPSA) is 26.0 Å². The Hall–Kier alpha value is -0.460. The van der Waals surface area contributed by atoms with Gasteiger partial charge in [0, 0.05) is 0 Å². The molecule has 0 bridgehead atoms. The summed E-state index contributed by atoms with van der Waals surface area (Å²) in [6.07, 6.45) is 15.5. The first kappa shape index (κ1) is 23.6. The van der Waals surface area contributed by atoms with Crippen LogP contribution in [0.25, 0.3) is 0 Å². The van der Waals surface area contributed by atoms with E-state index in [0.29, 0.717) is 5.70 Å². The molecule has 0 aliphatic carbocycles. The predicted molar refractivity (Wildman–Crippen MR) is 92.5 cm³/mol. The van der Waals surface area contributed by atoms with Gasteiger partial charge in [-0.2, -0.15) is 0 Å². The van der Waals surface area contributed by atoms with Crippen LogP contribution >= 0.6 is 0 Å². The van der Waals surface area contributed by atoms with Gasteiger partial charge in [-0.15, -0.1) is 0 Å². The van der Waals surface area contributed by atoms with E-state index < -0.39 is 0 Å². The number of hydrogen-bond acceptors (Lipinski definition) is 1. The molecule has 0 fully saturated rings. The monoisotopic (exact) mass is 271 g/mol. The molecule has 0 heterocycles. The summed E-state index contributed by atoms with van der Waals surface area (Å²) < 4.78 is 0. The van der Waals surface area contributed by atoms with Gasteiger partial charge in [0.1, 0.15) is 0 Å². The van der Waals surface area contributed by atoms with E-state index >= 15 is 0 Å². The Bertz CT molecular complexity index is 127. The van der Waals surface area contributed by atoms with E-state index in [1.165, 1.54) is 70.6 Å². The average molecular weight is 272 g/mol. The Labute approximate surface area is 124 Å².